The van der Waals surface area contributed by atoms with Crippen molar-refractivity contribution >= 4 is 41.2 Å². The van der Waals surface area contributed by atoms with Crippen molar-refractivity contribution in [1.29, 1.82) is 0 Å². The second kappa shape index (κ2) is 7.81. The highest BCUT2D eigenvalue weighted by atomic mass is 35.5. The summed E-state index contributed by atoms with van der Waals surface area (Å²) < 4.78 is 4.67. The number of hydrogen-bond donors (Lipinski definition) is 1. The SMILES string of the molecule is CCOC(=O)CNC(=O)/C=C/c1ccc(Cl)cc1Cl. The van der Waals surface area contributed by atoms with Crippen LogP contribution < -0.4 is 5.32 Å². The zero-order valence-electron chi connectivity index (χ0n) is 10.3. The molecule has 0 aromatic heterocycles. The van der Waals surface area contributed by atoms with E-state index in [9.17, 15) is 9.59 Å². The van der Waals surface area contributed by atoms with Crippen LogP contribution in [0.4, 0.5) is 0 Å². The standard InChI is InChI=1S/C13H13Cl2NO3/c1-2-19-13(18)8-16-12(17)6-4-9-3-5-10(14)7-11(9)15/h3-7H,2,8H2,1H3,(H,16,17)/b6-4+. The van der Waals surface area contributed by atoms with E-state index < -0.39 is 11.9 Å². The molecule has 0 aliphatic rings. The Hall–Kier alpha value is -1.52. The molecule has 1 aromatic rings. The summed E-state index contributed by atoms with van der Waals surface area (Å²) in [6.45, 7) is 1.82. The molecule has 1 N–H and O–H groups in total. The molecule has 0 heterocycles. The lowest BCUT2D eigenvalue weighted by Gasteiger charge is -2.02. The minimum atomic E-state index is -0.478. The number of rotatable bonds is 5. The number of halogens is 2. The lowest BCUT2D eigenvalue weighted by atomic mass is 10.2. The Kier molecular flexibility index (Phi) is 6.39. The molecule has 0 saturated heterocycles. The Morgan fingerprint density at radius 1 is 1.37 bits per heavy atom. The molecule has 0 saturated carbocycles. The molecule has 0 unspecified atom stereocenters. The van der Waals surface area contributed by atoms with Gasteiger partial charge in [-0.3, -0.25) is 9.59 Å². The lowest BCUT2D eigenvalue weighted by Crippen LogP contribution is -2.29. The predicted octanol–water partition coefficient (Wildman–Crippen LogP) is 2.69. The fourth-order valence-electron chi connectivity index (χ4n) is 1.23. The maximum absolute atomic E-state index is 11.4. The first-order valence-electron chi connectivity index (χ1n) is 5.59. The quantitative estimate of drug-likeness (QED) is 0.672. The van der Waals surface area contributed by atoms with Crippen LogP contribution in [0.15, 0.2) is 24.3 Å². The summed E-state index contributed by atoms with van der Waals surface area (Å²) in [5.74, 6) is -0.882. The first-order valence-corrected chi connectivity index (χ1v) is 6.35. The van der Waals surface area contributed by atoms with Crippen LogP contribution in [0.5, 0.6) is 0 Å². The molecule has 0 atom stereocenters. The summed E-state index contributed by atoms with van der Waals surface area (Å²) in [6, 6.07) is 4.95. The van der Waals surface area contributed by atoms with Crippen LogP contribution in [0, 0.1) is 0 Å². The molecule has 1 rings (SSSR count). The molecule has 0 fully saturated rings. The third kappa shape index (κ3) is 5.77. The number of amides is 1. The smallest absolute Gasteiger partial charge is 0.325 e. The Morgan fingerprint density at radius 3 is 2.74 bits per heavy atom. The third-order valence-electron chi connectivity index (χ3n) is 2.09. The van der Waals surface area contributed by atoms with Gasteiger partial charge in [0.05, 0.1) is 6.61 Å². The molecule has 4 nitrogen and oxygen atoms in total. The summed E-state index contributed by atoms with van der Waals surface area (Å²) >= 11 is 11.7. The predicted molar refractivity (Wildman–Crippen MR) is 75.1 cm³/mol. The van der Waals surface area contributed by atoms with Crippen LogP contribution in [-0.2, 0) is 14.3 Å². The van der Waals surface area contributed by atoms with Crippen molar-refractivity contribution < 1.29 is 14.3 Å². The topological polar surface area (TPSA) is 55.4 Å². The molecular weight excluding hydrogens is 289 g/mol. The summed E-state index contributed by atoms with van der Waals surface area (Å²) in [5, 5.41) is 3.37. The van der Waals surface area contributed by atoms with E-state index in [-0.39, 0.29) is 13.2 Å². The Morgan fingerprint density at radius 2 is 2.11 bits per heavy atom. The van der Waals surface area contributed by atoms with E-state index >= 15 is 0 Å². The highest BCUT2D eigenvalue weighted by molar-refractivity contribution is 6.35. The van der Waals surface area contributed by atoms with E-state index in [0.717, 1.165) is 0 Å². The zero-order chi connectivity index (χ0) is 14.3. The molecule has 1 amide bonds. The van der Waals surface area contributed by atoms with Crippen molar-refractivity contribution in [3.8, 4) is 0 Å². The van der Waals surface area contributed by atoms with Gasteiger partial charge < -0.3 is 10.1 Å². The van der Waals surface area contributed by atoms with Gasteiger partial charge in [0.1, 0.15) is 6.54 Å². The van der Waals surface area contributed by atoms with Crippen LogP contribution in [0.1, 0.15) is 12.5 Å². The van der Waals surface area contributed by atoms with Crippen LogP contribution >= 0.6 is 23.2 Å². The Bertz CT molecular complexity index is 501. The average molecular weight is 302 g/mol. The second-order valence-electron chi connectivity index (χ2n) is 3.52. The monoisotopic (exact) mass is 301 g/mol. The van der Waals surface area contributed by atoms with Gasteiger partial charge in [-0.15, -0.1) is 0 Å². The molecule has 102 valence electrons. The van der Waals surface area contributed by atoms with Gasteiger partial charge in [-0.1, -0.05) is 29.3 Å². The van der Waals surface area contributed by atoms with E-state index in [2.05, 4.69) is 10.1 Å². The lowest BCUT2D eigenvalue weighted by molar-refractivity contribution is -0.143. The van der Waals surface area contributed by atoms with Gasteiger partial charge in [0, 0.05) is 16.1 Å². The summed E-state index contributed by atoms with van der Waals surface area (Å²) in [6.07, 6.45) is 2.83. The number of carbonyl (C=O) groups excluding carboxylic acids is 2. The van der Waals surface area contributed by atoms with Gasteiger partial charge in [-0.2, -0.15) is 0 Å². The van der Waals surface area contributed by atoms with Gasteiger partial charge in [-0.25, -0.2) is 0 Å². The molecule has 0 radical (unpaired) electrons. The minimum Gasteiger partial charge on any atom is -0.465 e. The molecule has 0 aliphatic carbocycles. The number of esters is 1. The van der Waals surface area contributed by atoms with Crippen molar-refractivity contribution in [2.75, 3.05) is 13.2 Å². The summed E-state index contributed by atoms with van der Waals surface area (Å²) in [5.41, 5.74) is 0.664. The number of nitrogens with one attached hydrogen (secondary N) is 1. The fourth-order valence-corrected chi connectivity index (χ4v) is 1.70. The second-order valence-corrected chi connectivity index (χ2v) is 4.37. The number of carbonyl (C=O) groups is 2. The largest absolute Gasteiger partial charge is 0.465 e. The van der Waals surface area contributed by atoms with Crippen molar-refractivity contribution in [3.05, 3.63) is 39.9 Å². The molecule has 0 spiro atoms. The van der Waals surface area contributed by atoms with E-state index in [1.54, 1.807) is 31.2 Å². The van der Waals surface area contributed by atoms with Crippen molar-refractivity contribution in [2.24, 2.45) is 0 Å². The number of benzene rings is 1. The Balaban J connectivity index is 2.52. The maximum Gasteiger partial charge on any atom is 0.325 e. The molecule has 1 aromatic carbocycles. The van der Waals surface area contributed by atoms with E-state index in [4.69, 9.17) is 23.2 Å². The van der Waals surface area contributed by atoms with Crippen molar-refractivity contribution in [2.45, 2.75) is 6.92 Å². The molecular formula is C13H13Cl2NO3. The zero-order valence-corrected chi connectivity index (χ0v) is 11.8. The number of ether oxygens (including phenoxy) is 1. The highest BCUT2D eigenvalue weighted by Gasteiger charge is 2.03. The van der Waals surface area contributed by atoms with E-state index in [1.807, 2.05) is 0 Å². The van der Waals surface area contributed by atoms with Crippen molar-refractivity contribution in [3.63, 3.8) is 0 Å². The maximum atomic E-state index is 11.4. The molecule has 0 bridgehead atoms. The van der Waals surface area contributed by atoms with Gasteiger partial charge in [0.15, 0.2) is 0 Å². The van der Waals surface area contributed by atoms with Gasteiger partial charge in [0.25, 0.3) is 0 Å². The average Bonchev–Trinajstić information content (AvgIpc) is 2.35. The third-order valence-corrected chi connectivity index (χ3v) is 2.65. The van der Waals surface area contributed by atoms with Gasteiger partial charge >= 0.3 is 5.97 Å². The first kappa shape index (κ1) is 15.5. The molecule has 0 aliphatic heterocycles. The van der Waals surface area contributed by atoms with Crippen LogP contribution in [-0.4, -0.2) is 25.0 Å². The number of hydrogen-bond acceptors (Lipinski definition) is 3. The summed E-state index contributed by atoms with van der Waals surface area (Å²) in [4.78, 5) is 22.4. The van der Waals surface area contributed by atoms with E-state index in [0.29, 0.717) is 15.6 Å². The van der Waals surface area contributed by atoms with Crippen LogP contribution in [0.25, 0.3) is 6.08 Å². The molecule has 6 heteroatoms. The van der Waals surface area contributed by atoms with Crippen LogP contribution in [0.2, 0.25) is 10.0 Å². The molecule has 19 heavy (non-hydrogen) atoms. The van der Waals surface area contributed by atoms with Gasteiger partial charge in [-0.05, 0) is 30.7 Å². The van der Waals surface area contributed by atoms with Gasteiger partial charge in [0.2, 0.25) is 5.91 Å². The van der Waals surface area contributed by atoms with Crippen LogP contribution in [0.3, 0.4) is 0 Å². The fraction of sp³-hybridized carbons (Fsp3) is 0.231. The van der Waals surface area contributed by atoms with Crippen molar-refractivity contribution in [1.82, 2.24) is 5.32 Å². The van der Waals surface area contributed by atoms with E-state index in [1.165, 1.54) is 6.08 Å². The highest BCUT2D eigenvalue weighted by Crippen LogP contribution is 2.21. The minimum absolute atomic E-state index is 0.161. The first-order chi connectivity index (χ1) is 9.02. The normalized spacial score (nSPS) is 10.5. The Labute approximate surface area is 121 Å². The summed E-state index contributed by atoms with van der Waals surface area (Å²) in [7, 11) is 0.